The summed E-state index contributed by atoms with van der Waals surface area (Å²) >= 11 is 1.23. The van der Waals surface area contributed by atoms with E-state index in [9.17, 15) is 41.8 Å². The van der Waals surface area contributed by atoms with Crippen LogP contribution in [-0.2, 0) is 22.6 Å². The van der Waals surface area contributed by atoms with Crippen molar-refractivity contribution in [1.29, 1.82) is 0 Å². The summed E-state index contributed by atoms with van der Waals surface area (Å²) in [6, 6.07) is 16.6. The summed E-state index contributed by atoms with van der Waals surface area (Å²) in [5.41, 5.74) is 1.05. The molecule has 46 heavy (non-hydrogen) atoms. The predicted molar refractivity (Wildman–Crippen MR) is 154 cm³/mol. The van der Waals surface area contributed by atoms with E-state index >= 15 is 0 Å². The number of nitrogens with one attached hydrogen (secondary N) is 1. The van der Waals surface area contributed by atoms with Gasteiger partial charge in [-0.2, -0.15) is 0 Å². The number of carbonyl (C=O) groups excluding carboxylic acids is 1. The van der Waals surface area contributed by atoms with Crippen molar-refractivity contribution >= 4 is 23.6 Å². The zero-order valence-electron chi connectivity index (χ0n) is 23.7. The molecule has 3 N–H and O–H groups in total. The Hall–Kier alpha value is -4.37. The number of hydrogen-bond acceptors (Lipinski definition) is 7. The van der Waals surface area contributed by atoms with Gasteiger partial charge in [-0.3, -0.25) is 4.79 Å². The number of carbonyl (C=O) groups is 2. The van der Waals surface area contributed by atoms with Gasteiger partial charge in [0.2, 0.25) is 5.82 Å². The number of amides is 1. The molecule has 1 aliphatic heterocycles. The summed E-state index contributed by atoms with van der Waals surface area (Å²) in [6.07, 6.45) is 0.219. The van der Waals surface area contributed by atoms with Crippen molar-refractivity contribution in [3.05, 3.63) is 129 Å². The second-order valence-corrected chi connectivity index (χ2v) is 11.2. The minimum absolute atomic E-state index is 0.0649. The molecule has 1 saturated heterocycles. The van der Waals surface area contributed by atoms with Crippen LogP contribution < -0.4 is 5.32 Å². The van der Waals surface area contributed by atoms with Gasteiger partial charge in [-0.25, -0.2) is 31.7 Å². The molecule has 8 nitrogen and oxygen atoms in total. The average Bonchev–Trinajstić information content (AvgIpc) is 3.08. The molecule has 0 aliphatic carbocycles. The number of halogens is 5. The highest BCUT2D eigenvalue weighted by Crippen LogP contribution is 2.39. The molecule has 5 rings (SSSR count). The predicted octanol–water partition coefficient (Wildman–Crippen LogP) is 6.24. The molecule has 1 amide bonds. The van der Waals surface area contributed by atoms with Crippen LogP contribution in [0.5, 0.6) is 0 Å². The van der Waals surface area contributed by atoms with Gasteiger partial charge >= 0.3 is 5.97 Å². The van der Waals surface area contributed by atoms with Crippen molar-refractivity contribution < 1.29 is 51.2 Å². The van der Waals surface area contributed by atoms with Gasteiger partial charge in [-0.1, -0.05) is 48.5 Å². The van der Waals surface area contributed by atoms with E-state index in [2.05, 4.69) is 10.3 Å². The number of aromatic nitrogens is 1. The van der Waals surface area contributed by atoms with E-state index in [0.717, 1.165) is 11.1 Å². The number of pyridine rings is 1. The van der Waals surface area contributed by atoms with Gasteiger partial charge in [-0.15, -0.1) is 11.8 Å². The lowest BCUT2D eigenvalue weighted by atomic mass is 10.0. The van der Waals surface area contributed by atoms with Crippen molar-refractivity contribution in [3.8, 4) is 0 Å². The van der Waals surface area contributed by atoms with Crippen molar-refractivity contribution in [2.75, 3.05) is 5.75 Å². The molecule has 1 aromatic heterocycles. The van der Waals surface area contributed by atoms with Gasteiger partial charge in [0.05, 0.1) is 24.4 Å². The van der Waals surface area contributed by atoms with Crippen LogP contribution in [0.1, 0.15) is 61.8 Å². The number of aliphatic hydroxyl groups excluding tert-OH is 1. The highest BCUT2D eigenvalue weighted by Gasteiger charge is 2.33. The van der Waals surface area contributed by atoms with Crippen LogP contribution >= 0.6 is 11.8 Å². The number of carboxylic acids is 1. The van der Waals surface area contributed by atoms with Crippen LogP contribution in [0.4, 0.5) is 22.0 Å². The fourth-order valence-electron chi connectivity index (χ4n) is 4.73. The van der Waals surface area contributed by atoms with Gasteiger partial charge < -0.3 is 25.0 Å². The lowest BCUT2D eigenvalue weighted by Gasteiger charge is -2.36. The Morgan fingerprint density at radius 2 is 1.46 bits per heavy atom. The van der Waals surface area contributed by atoms with Gasteiger partial charge in [0.25, 0.3) is 5.91 Å². The second-order valence-electron chi connectivity index (χ2n) is 10.2. The molecule has 0 saturated carbocycles. The number of benzene rings is 3. The lowest BCUT2D eigenvalue weighted by molar-refractivity contribution is -0.245. The molecule has 14 heteroatoms. The van der Waals surface area contributed by atoms with Crippen LogP contribution in [0.2, 0.25) is 0 Å². The topological polar surface area (TPSA) is 118 Å². The number of nitrogens with zero attached hydrogens (tertiary/aromatic N) is 1. The Kier molecular flexibility index (Phi) is 10.3. The maximum atomic E-state index is 14.0. The van der Waals surface area contributed by atoms with Gasteiger partial charge in [-0.05, 0) is 28.8 Å². The van der Waals surface area contributed by atoms with E-state index in [1.165, 1.54) is 30.1 Å². The summed E-state index contributed by atoms with van der Waals surface area (Å²) in [5, 5.41) is 21.4. The number of rotatable bonds is 10. The molecular formula is C32H25F5N2O6S. The highest BCUT2D eigenvalue weighted by atomic mass is 32.2. The summed E-state index contributed by atoms with van der Waals surface area (Å²) < 4.78 is 80.9. The Balaban J connectivity index is 1.31. The van der Waals surface area contributed by atoms with E-state index in [1.807, 2.05) is 12.1 Å². The molecule has 3 aromatic carbocycles. The van der Waals surface area contributed by atoms with E-state index in [-0.39, 0.29) is 18.7 Å². The molecule has 1 aliphatic rings. The monoisotopic (exact) mass is 660 g/mol. The molecule has 0 spiro atoms. The number of ether oxygens (including phenoxy) is 2. The molecule has 3 atom stereocenters. The second kappa shape index (κ2) is 14.4. The summed E-state index contributed by atoms with van der Waals surface area (Å²) in [5.74, 6) is -13.5. The lowest BCUT2D eigenvalue weighted by Crippen LogP contribution is -2.31. The first-order valence-electron chi connectivity index (χ1n) is 13.8. The van der Waals surface area contributed by atoms with E-state index in [4.69, 9.17) is 9.47 Å². The van der Waals surface area contributed by atoms with Crippen LogP contribution in [0, 0.1) is 29.1 Å². The number of hydrogen-bond donors (Lipinski definition) is 3. The van der Waals surface area contributed by atoms with E-state index in [1.54, 1.807) is 36.4 Å². The molecule has 2 heterocycles. The molecule has 1 fully saturated rings. The number of aromatic carboxylic acids is 1. The number of carboxylic acid groups (broad SMARTS) is 1. The molecule has 4 aromatic rings. The molecule has 0 bridgehead atoms. The SMILES string of the molecule is O=C(O)c1cccnc1SCC1CC(c2ccc(CO)cc2)OC(c2ccc(CNC(=O)c3c(F)c(F)c(F)c(F)c3F)cc2)O1. The minimum atomic E-state index is -2.36. The Morgan fingerprint density at radius 1 is 0.848 bits per heavy atom. The van der Waals surface area contributed by atoms with Crippen LogP contribution in [0.15, 0.2) is 71.9 Å². The molecule has 3 unspecified atom stereocenters. The third kappa shape index (κ3) is 7.20. The fraction of sp³-hybridized carbons (Fsp3) is 0.219. The average molecular weight is 661 g/mol. The first-order valence-corrected chi connectivity index (χ1v) is 14.8. The highest BCUT2D eigenvalue weighted by molar-refractivity contribution is 7.99. The van der Waals surface area contributed by atoms with E-state index in [0.29, 0.717) is 28.3 Å². The molecule has 0 radical (unpaired) electrons. The molecule has 240 valence electrons. The Morgan fingerprint density at radius 3 is 2.09 bits per heavy atom. The van der Waals surface area contributed by atoms with Crippen LogP contribution in [0.3, 0.4) is 0 Å². The quantitative estimate of drug-likeness (QED) is 0.0793. The first kappa shape index (κ1) is 33.0. The summed E-state index contributed by atoms with van der Waals surface area (Å²) in [6.45, 7) is -0.415. The smallest absolute Gasteiger partial charge is 0.338 e. The number of thioether (sulfide) groups is 1. The minimum Gasteiger partial charge on any atom is -0.478 e. The molecular weight excluding hydrogens is 635 g/mol. The van der Waals surface area contributed by atoms with Gasteiger partial charge in [0.1, 0.15) is 10.6 Å². The largest absolute Gasteiger partial charge is 0.478 e. The maximum Gasteiger partial charge on any atom is 0.338 e. The van der Waals surface area contributed by atoms with Crippen molar-refractivity contribution in [2.45, 2.75) is 43.1 Å². The number of aliphatic hydroxyl groups is 1. The third-order valence-electron chi connectivity index (χ3n) is 7.16. The first-order chi connectivity index (χ1) is 22.1. The normalized spacial score (nSPS) is 17.9. The van der Waals surface area contributed by atoms with Crippen molar-refractivity contribution in [3.63, 3.8) is 0 Å². The Bertz CT molecular complexity index is 1710. The van der Waals surface area contributed by atoms with Crippen LogP contribution in [0.25, 0.3) is 0 Å². The third-order valence-corrected chi connectivity index (χ3v) is 8.30. The van der Waals surface area contributed by atoms with Gasteiger partial charge in [0.15, 0.2) is 29.6 Å². The standard InChI is InChI=1S/C32H25F5N2O6S/c33-24-23(25(34)27(36)28(37)26(24)35)29(41)39-13-16-3-9-19(10-4-16)32-44-20(15-46-30-21(31(42)43)2-1-11-38-30)12-22(45-32)18-7-5-17(14-40)6-8-18/h1-11,20,22,32,40H,12-15H2,(H,39,41)(H,42,43). The van der Waals surface area contributed by atoms with Crippen molar-refractivity contribution in [2.24, 2.45) is 0 Å². The van der Waals surface area contributed by atoms with Gasteiger partial charge in [0, 0.05) is 30.5 Å². The summed E-state index contributed by atoms with van der Waals surface area (Å²) in [7, 11) is 0. The zero-order valence-corrected chi connectivity index (χ0v) is 24.5. The summed E-state index contributed by atoms with van der Waals surface area (Å²) in [4.78, 5) is 28.1. The van der Waals surface area contributed by atoms with Crippen LogP contribution in [-0.4, -0.2) is 38.9 Å². The fourth-order valence-corrected chi connectivity index (χ4v) is 5.74. The Labute approximate surface area is 263 Å². The maximum absolute atomic E-state index is 14.0. The zero-order chi connectivity index (χ0) is 33.0. The van der Waals surface area contributed by atoms with Crippen molar-refractivity contribution in [1.82, 2.24) is 10.3 Å². The van der Waals surface area contributed by atoms with E-state index < -0.39 is 65.0 Å².